The van der Waals surface area contributed by atoms with Gasteiger partial charge in [-0.2, -0.15) is 0 Å². The van der Waals surface area contributed by atoms with E-state index in [4.69, 9.17) is 4.74 Å². The van der Waals surface area contributed by atoms with E-state index in [1.807, 2.05) is 18.2 Å². The van der Waals surface area contributed by atoms with Gasteiger partial charge in [-0.05, 0) is 41.8 Å². The van der Waals surface area contributed by atoms with E-state index >= 15 is 0 Å². The van der Waals surface area contributed by atoms with Crippen molar-refractivity contribution in [2.75, 3.05) is 11.9 Å². The van der Waals surface area contributed by atoms with Gasteiger partial charge < -0.3 is 10.1 Å². The second kappa shape index (κ2) is 4.92. The summed E-state index contributed by atoms with van der Waals surface area (Å²) >= 11 is 0. The summed E-state index contributed by atoms with van der Waals surface area (Å²) in [5, 5.41) is 3.24. The Balaban J connectivity index is 1.70. The highest BCUT2D eigenvalue weighted by atomic mass is 19.1. The minimum atomic E-state index is -0.174. The predicted octanol–water partition coefficient (Wildman–Crippen LogP) is 3.68. The maximum Gasteiger partial charge on any atom is 0.128 e. The highest BCUT2D eigenvalue weighted by molar-refractivity contribution is 5.47. The van der Waals surface area contributed by atoms with Crippen LogP contribution >= 0.6 is 0 Å². The number of hydrogen-bond acceptors (Lipinski definition) is 2. The van der Waals surface area contributed by atoms with Crippen molar-refractivity contribution in [1.82, 2.24) is 0 Å². The number of nitrogens with one attached hydrogen (secondary N) is 1. The lowest BCUT2D eigenvalue weighted by atomic mass is 10.1. The van der Waals surface area contributed by atoms with Gasteiger partial charge in [0.25, 0.3) is 0 Å². The van der Waals surface area contributed by atoms with Crippen LogP contribution in [-0.4, -0.2) is 6.61 Å². The number of anilines is 1. The van der Waals surface area contributed by atoms with E-state index in [2.05, 4.69) is 11.4 Å². The first-order chi connectivity index (χ1) is 9.22. The van der Waals surface area contributed by atoms with Gasteiger partial charge in [-0.25, -0.2) is 4.39 Å². The third-order valence-electron chi connectivity index (χ3n) is 3.42. The Hall–Kier alpha value is -2.03. The third kappa shape index (κ3) is 2.55. The minimum absolute atomic E-state index is 0.174. The molecule has 0 spiro atoms. The highest BCUT2D eigenvalue weighted by Gasteiger charge is 2.11. The summed E-state index contributed by atoms with van der Waals surface area (Å²) in [5.74, 6) is 0.817. The molecule has 0 bridgehead atoms. The Morgan fingerprint density at radius 3 is 2.95 bits per heavy atom. The molecule has 0 amide bonds. The average Bonchev–Trinajstić information content (AvgIpc) is 2.87. The number of aryl methyl sites for hydroxylation is 1. The van der Waals surface area contributed by atoms with E-state index in [0.29, 0.717) is 12.1 Å². The Morgan fingerprint density at radius 2 is 2.11 bits per heavy atom. The van der Waals surface area contributed by atoms with Crippen LogP contribution in [0.5, 0.6) is 5.75 Å². The SMILES string of the molecule is Cc1ccc(NCc2ccc3c(c2)CCO3)cc1F. The van der Waals surface area contributed by atoms with E-state index in [1.165, 1.54) is 17.2 Å². The number of benzene rings is 2. The van der Waals surface area contributed by atoms with Crippen LogP contribution in [0.15, 0.2) is 36.4 Å². The fraction of sp³-hybridized carbons (Fsp3) is 0.250. The summed E-state index contributed by atoms with van der Waals surface area (Å²) in [5.41, 5.74) is 3.92. The summed E-state index contributed by atoms with van der Waals surface area (Å²) in [6.07, 6.45) is 0.975. The lowest BCUT2D eigenvalue weighted by molar-refractivity contribution is 0.357. The third-order valence-corrected chi connectivity index (χ3v) is 3.42. The summed E-state index contributed by atoms with van der Waals surface area (Å²) in [6, 6.07) is 11.4. The number of fused-ring (bicyclic) bond motifs is 1. The monoisotopic (exact) mass is 257 g/mol. The van der Waals surface area contributed by atoms with Gasteiger partial charge in [-0.1, -0.05) is 18.2 Å². The summed E-state index contributed by atoms with van der Waals surface area (Å²) < 4.78 is 18.9. The molecule has 2 aromatic carbocycles. The Bertz CT molecular complexity index is 610. The Kier molecular flexibility index (Phi) is 3.11. The lowest BCUT2D eigenvalue weighted by Crippen LogP contribution is -2.00. The van der Waals surface area contributed by atoms with Crippen LogP contribution in [0.25, 0.3) is 0 Å². The van der Waals surface area contributed by atoms with Crippen molar-refractivity contribution in [3.63, 3.8) is 0 Å². The average molecular weight is 257 g/mol. The molecule has 0 aromatic heterocycles. The fourth-order valence-corrected chi connectivity index (χ4v) is 2.26. The number of hydrogen-bond donors (Lipinski definition) is 1. The number of ether oxygens (including phenoxy) is 1. The standard InChI is InChI=1S/C16H16FNO/c1-11-2-4-14(9-15(11)17)18-10-12-3-5-16-13(8-12)6-7-19-16/h2-5,8-9,18H,6-7,10H2,1H3. The van der Waals surface area contributed by atoms with Crippen LogP contribution in [0.1, 0.15) is 16.7 Å². The zero-order chi connectivity index (χ0) is 13.2. The molecule has 0 saturated carbocycles. The zero-order valence-electron chi connectivity index (χ0n) is 10.9. The highest BCUT2D eigenvalue weighted by Crippen LogP contribution is 2.26. The van der Waals surface area contributed by atoms with Crippen LogP contribution in [-0.2, 0) is 13.0 Å². The van der Waals surface area contributed by atoms with Gasteiger partial charge in [-0.15, -0.1) is 0 Å². The summed E-state index contributed by atoms with van der Waals surface area (Å²) in [7, 11) is 0. The quantitative estimate of drug-likeness (QED) is 0.905. The fourth-order valence-electron chi connectivity index (χ4n) is 2.26. The van der Waals surface area contributed by atoms with E-state index < -0.39 is 0 Å². The van der Waals surface area contributed by atoms with E-state index in [1.54, 1.807) is 13.0 Å². The molecule has 0 radical (unpaired) electrons. The molecule has 3 heteroatoms. The molecule has 98 valence electrons. The lowest BCUT2D eigenvalue weighted by Gasteiger charge is -2.08. The van der Waals surface area contributed by atoms with Crippen LogP contribution in [0.4, 0.5) is 10.1 Å². The van der Waals surface area contributed by atoms with Crippen molar-refractivity contribution < 1.29 is 9.13 Å². The van der Waals surface area contributed by atoms with Gasteiger partial charge in [0, 0.05) is 18.7 Å². The molecule has 1 aliphatic heterocycles. The van der Waals surface area contributed by atoms with Crippen molar-refractivity contribution in [3.8, 4) is 5.75 Å². The van der Waals surface area contributed by atoms with Crippen molar-refractivity contribution in [1.29, 1.82) is 0 Å². The largest absolute Gasteiger partial charge is 0.493 e. The van der Waals surface area contributed by atoms with Gasteiger partial charge >= 0.3 is 0 Å². The molecule has 0 aliphatic carbocycles. The smallest absolute Gasteiger partial charge is 0.128 e. The van der Waals surface area contributed by atoms with Gasteiger partial charge in [0.15, 0.2) is 0 Å². The molecule has 0 unspecified atom stereocenters. The molecule has 3 rings (SSSR count). The van der Waals surface area contributed by atoms with Crippen molar-refractivity contribution in [2.45, 2.75) is 19.9 Å². The summed E-state index contributed by atoms with van der Waals surface area (Å²) in [4.78, 5) is 0. The van der Waals surface area contributed by atoms with Gasteiger partial charge in [0.2, 0.25) is 0 Å². The van der Waals surface area contributed by atoms with E-state index in [0.717, 1.165) is 24.5 Å². The minimum Gasteiger partial charge on any atom is -0.493 e. The van der Waals surface area contributed by atoms with E-state index in [-0.39, 0.29) is 5.82 Å². The Morgan fingerprint density at radius 1 is 1.21 bits per heavy atom. The molecule has 0 fully saturated rings. The van der Waals surface area contributed by atoms with Crippen LogP contribution in [0.2, 0.25) is 0 Å². The number of rotatable bonds is 3. The van der Waals surface area contributed by atoms with Crippen LogP contribution in [0, 0.1) is 12.7 Å². The summed E-state index contributed by atoms with van der Waals surface area (Å²) in [6.45, 7) is 3.23. The second-order valence-electron chi connectivity index (χ2n) is 4.86. The maximum atomic E-state index is 13.4. The van der Waals surface area contributed by atoms with E-state index in [9.17, 15) is 4.39 Å². The first kappa shape index (κ1) is 12.0. The Labute approximate surface area is 112 Å². The van der Waals surface area contributed by atoms with Crippen molar-refractivity contribution in [3.05, 3.63) is 58.9 Å². The molecular formula is C16H16FNO. The first-order valence-electron chi connectivity index (χ1n) is 6.47. The topological polar surface area (TPSA) is 21.3 Å². The zero-order valence-corrected chi connectivity index (χ0v) is 10.9. The molecule has 1 N–H and O–H groups in total. The van der Waals surface area contributed by atoms with Crippen molar-refractivity contribution in [2.24, 2.45) is 0 Å². The van der Waals surface area contributed by atoms with Crippen LogP contribution in [0.3, 0.4) is 0 Å². The van der Waals surface area contributed by atoms with Gasteiger partial charge in [0.1, 0.15) is 11.6 Å². The van der Waals surface area contributed by atoms with Gasteiger partial charge in [0.05, 0.1) is 6.61 Å². The molecule has 2 aromatic rings. The molecule has 19 heavy (non-hydrogen) atoms. The van der Waals surface area contributed by atoms with Gasteiger partial charge in [-0.3, -0.25) is 0 Å². The first-order valence-corrected chi connectivity index (χ1v) is 6.47. The molecule has 2 nitrogen and oxygen atoms in total. The normalized spacial score (nSPS) is 12.9. The second-order valence-corrected chi connectivity index (χ2v) is 4.86. The molecule has 1 heterocycles. The number of halogens is 1. The molecule has 1 aliphatic rings. The van der Waals surface area contributed by atoms with Crippen molar-refractivity contribution >= 4 is 5.69 Å². The molecular weight excluding hydrogens is 241 g/mol. The predicted molar refractivity (Wildman–Crippen MR) is 74.1 cm³/mol. The molecule has 0 atom stereocenters. The maximum absolute atomic E-state index is 13.4. The van der Waals surface area contributed by atoms with Crippen LogP contribution < -0.4 is 10.1 Å². The molecule has 0 saturated heterocycles.